The molecular formula is C19H17FN4O2S. The highest BCUT2D eigenvalue weighted by molar-refractivity contribution is 7.17. The second-order valence-corrected chi connectivity index (χ2v) is 6.65. The molecule has 0 fully saturated rings. The standard InChI is InChI=1S/C19H17FN4O2S/c1-12-17(27-19(21)23-12)18(25)24-22-10-13-6-8-15(9-7-13)26-11-14-4-2-3-5-16(14)20/h2-10H,11H2,1H3,(H2,21,23)(H,24,25)/b22-10-. The first-order chi connectivity index (χ1) is 13.0. The number of aryl methyl sites for hydroxylation is 1. The van der Waals surface area contributed by atoms with Gasteiger partial charge in [0.2, 0.25) is 0 Å². The minimum atomic E-state index is -0.359. The molecule has 3 aromatic rings. The summed E-state index contributed by atoms with van der Waals surface area (Å²) in [4.78, 5) is 16.4. The second kappa shape index (κ2) is 8.41. The van der Waals surface area contributed by atoms with Crippen LogP contribution in [0.2, 0.25) is 0 Å². The predicted molar refractivity (Wildman–Crippen MR) is 103 cm³/mol. The third kappa shape index (κ3) is 4.89. The first kappa shape index (κ1) is 18.5. The fraction of sp³-hybridized carbons (Fsp3) is 0.105. The van der Waals surface area contributed by atoms with Gasteiger partial charge in [-0.15, -0.1) is 0 Å². The topological polar surface area (TPSA) is 89.6 Å². The number of amides is 1. The maximum atomic E-state index is 13.6. The van der Waals surface area contributed by atoms with E-state index in [0.717, 1.165) is 16.9 Å². The zero-order chi connectivity index (χ0) is 19.2. The SMILES string of the molecule is Cc1nc(N)sc1C(=O)N/N=C\c1ccc(OCc2ccccc2F)cc1. The molecule has 3 rings (SSSR count). The average Bonchev–Trinajstić information content (AvgIpc) is 3.00. The Morgan fingerprint density at radius 3 is 2.70 bits per heavy atom. The van der Waals surface area contributed by atoms with Gasteiger partial charge in [-0.05, 0) is 42.8 Å². The van der Waals surface area contributed by atoms with Crippen LogP contribution in [-0.4, -0.2) is 17.1 Å². The Balaban J connectivity index is 1.54. The Labute approximate surface area is 159 Å². The summed E-state index contributed by atoms with van der Waals surface area (Å²) in [5.41, 5.74) is 9.85. The van der Waals surface area contributed by atoms with Crippen LogP contribution in [0.25, 0.3) is 0 Å². The van der Waals surface area contributed by atoms with E-state index in [1.807, 2.05) is 0 Å². The molecule has 0 spiro atoms. The third-order valence-corrected chi connectivity index (χ3v) is 4.62. The molecule has 138 valence electrons. The van der Waals surface area contributed by atoms with Gasteiger partial charge in [-0.25, -0.2) is 14.8 Å². The Morgan fingerprint density at radius 1 is 1.30 bits per heavy atom. The van der Waals surface area contributed by atoms with Gasteiger partial charge in [0.25, 0.3) is 5.91 Å². The Bertz CT molecular complexity index is 970. The molecule has 27 heavy (non-hydrogen) atoms. The van der Waals surface area contributed by atoms with Crippen LogP contribution in [0, 0.1) is 12.7 Å². The summed E-state index contributed by atoms with van der Waals surface area (Å²) in [5, 5.41) is 4.27. The van der Waals surface area contributed by atoms with E-state index in [1.54, 1.807) is 49.4 Å². The molecule has 6 nitrogen and oxygen atoms in total. The number of rotatable bonds is 6. The quantitative estimate of drug-likeness (QED) is 0.503. The number of carbonyl (C=O) groups is 1. The van der Waals surface area contributed by atoms with Gasteiger partial charge in [0.05, 0.1) is 11.9 Å². The van der Waals surface area contributed by atoms with Crippen molar-refractivity contribution in [2.45, 2.75) is 13.5 Å². The number of benzene rings is 2. The first-order valence-electron chi connectivity index (χ1n) is 8.05. The number of hydrazone groups is 1. The molecule has 0 saturated heterocycles. The van der Waals surface area contributed by atoms with Crippen molar-refractivity contribution in [1.82, 2.24) is 10.4 Å². The fourth-order valence-corrected chi connectivity index (χ4v) is 2.99. The highest BCUT2D eigenvalue weighted by Crippen LogP contribution is 2.19. The van der Waals surface area contributed by atoms with E-state index in [1.165, 1.54) is 12.3 Å². The molecule has 8 heteroatoms. The highest BCUT2D eigenvalue weighted by Gasteiger charge is 2.13. The number of hydrogen-bond donors (Lipinski definition) is 2. The number of hydrogen-bond acceptors (Lipinski definition) is 6. The lowest BCUT2D eigenvalue weighted by Crippen LogP contribution is -2.17. The molecule has 0 bridgehead atoms. The maximum Gasteiger partial charge on any atom is 0.283 e. The van der Waals surface area contributed by atoms with E-state index >= 15 is 0 Å². The number of nitrogens with two attached hydrogens (primary N) is 1. The molecule has 0 aliphatic carbocycles. The van der Waals surface area contributed by atoms with Crippen LogP contribution >= 0.6 is 11.3 Å². The van der Waals surface area contributed by atoms with E-state index in [0.29, 0.717) is 27.0 Å². The number of nitrogens with one attached hydrogen (secondary N) is 1. The van der Waals surface area contributed by atoms with Crippen LogP contribution in [0.3, 0.4) is 0 Å². The Hall–Kier alpha value is -3.26. The molecule has 2 aromatic carbocycles. The van der Waals surface area contributed by atoms with E-state index in [-0.39, 0.29) is 18.3 Å². The molecule has 0 saturated carbocycles. The number of nitrogen functional groups attached to an aromatic ring is 1. The lowest BCUT2D eigenvalue weighted by Gasteiger charge is -2.07. The minimum Gasteiger partial charge on any atom is -0.489 e. The monoisotopic (exact) mass is 384 g/mol. The zero-order valence-electron chi connectivity index (χ0n) is 14.5. The number of halogens is 1. The van der Waals surface area contributed by atoms with Gasteiger partial charge in [0.15, 0.2) is 5.13 Å². The summed E-state index contributed by atoms with van der Waals surface area (Å²) in [5.74, 6) is -0.0482. The van der Waals surface area contributed by atoms with Gasteiger partial charge >= 0.3 is 0 Å². The van der Waals surface area contributed by atoms with Crippen molar-refractivity contribution in [2.75, 3.05) is 5.73 Å². The Morgan fingerprint density at radius 2 is 2.04 bits per heavy atom. The number of nitrogens with zero attached hydrogens (tertiary/aromatic N) is 2. The molecule has 0 aliphatic heterocycles. The van der Waals surface area contributed by atoms with Crippen LogP contribution < -0.4 is 15.9 Å². The largest absolute Gasteiger partial charge is 0.489 e. The molecule has 1 amide bonds. The van der Waals surface area contributed by atoms with E-state index in [4.69, 9.17) is 10.5 Å². The molecular weight excluding hydrogens is 367 g/mol. The van der Waals surface area contributed by atoms with Crippen molar-refractivity contribution in [3.8, 4) is 5.75 Å². The van der Waals surface area contributed by atoms with Gasteiger partial charge in [0.1, 0.15) is 23.1 Å². The summed E-state index contributed by atoms with van der Waals surface area (Å²) < 4.78 is 19.1. The highest BCUT2D eigenvalue weighted by atomic mass is 32.1. The van der Waals surface area contributed by atoms with E-state index in [2.05, 4.69) is 15.5 Å². The van der Waals surface area contributed by atoms with Crippen LogP contribution in [-0.2, 0) is 6.61 Å². The van der Waals surface area contributed by atoms with Crippen molar-refractivity contribution in [2.24, 2.45) is 5.10 Å². The maximum absolute atomic E-state index is 13.6. The molecule has 3 N–H and O–H groups in total. The van der Waals surface area contributed by atoms with Crippen molar-refractivity contribution in [3.05, 3.63) is 76.0 Å². The number of carbonyl (C=O) groups excluding carboxylic acids is 1. The number of ether oxygens (including phenoxy) is 1. The smallest absolute Gasteiger partial charge is 0.283 e. The number of thiazole rings is 1. The minimum absolute atomic E-state index is 0.146. The molecule has 0 unspecified atom stereocenters. The Kier molecular flexibility index (Phi) is 5.77. The number of aromatic nitrogens is 1. The van der Waals surface area contributed by atoms with Crippen molar-refractivity contribution >= 4 is 28.6 Å². The van der Waals surface area contributed by atoms with Crippen LogP contribution in [0.15, 0.2) is 53.6 Å². The predicted octanol–water partition coefficient (Wildman–Crippen LogP) is 3.52. The van der Waals surface area contributed by atoms with Crippen molar-refractivity contribution in [1.29, 1.82) is 0 Å². The normalized spacial score (nSPS) is 10.9. The van der Waals surface area contributed by atoms with E-state index in [9.17, 15) is 9.18 Å². The molecule has 1 heterocycles. The van der Waals surface area contributed by atoms with Gasteiger partial charge in [-0.3, -0.25) is 4.79 Å². The first-order valence-corrected chi connectivity index (χ1v) is 8.87. The van der Waals surface area contributed by atoms with Crippen LogP contribution in [0.1, 0.15) is 26.5 Å². The molecule has 0 aliphatic rings. The molecule has 1 aromatic heterocycles. The summed E-state index contributed by atoms with van der Waals surface area (Å²) >= 11 is 1.11. The van der Waals surface area contributed by atoms with Gasteiger partial charge in [0, 0.05) is 5.56 Å². The lowest BCUT2D eigenvalue weighted by atomic mass is 10.2. The van der Waals surface area contributed by atoms with Gasteiger partial charge in [-0.1, -0.05) is 29.5 Å². The summed E-state index contributed by atoms with van der Waals surface area (Å²) in [6.07, 6.45) is 1.51. The fourth-order valence-electron chi connectivity index (χ4n) is 2.27. The van der Waals surface area contributed by atoms with Crippen LogP contribution in [0.4, 0.5) is 9.52 Å². The molecule has 0 radical (unpaired) electrons. The van der Waals surface area contributed by atoms with Gasteiger partial charge < -0.3 is 10.5 Å². The summed E-state index contributed by atoms with van der Waals surface area (Å²) in [7, 11) is 0. The molecule has 0 atom stereocenters. The average molecular weight is 384 g/mol. The third-order valence-electron chi connectivity index (χ3n) is 3.63. The zero-order valence-corrected chi connectivity index (χ0v) is 15.3. The van der Waals surface area contributed by atoms with Crippen molar-refractivity contribution < 1.29 is 13.9 Å². The second-order valence-electron chi connectivity index (χ2n) is 5.61. The lowest BCUT2D eigenvalue weighted by molar-refractivity contribution is 0.0958. The summed E-state index contributed by atoms with van der Waals surface area (Å²) in [6, 6.07) is 13.5. The summed E-state index contributed by atoms with van der Waals surface area (Å²) in [6.45, 7) is 1.86. The van der Waals surface area contributed by atoms with E-state index < -0.39 is 0 Å². The van der Waals surface area contributed by atoms with Crippen LogP contribution in [0.5, 0.6) is 5.75 Å². The van der Waals surface area contributed by atoms with Crippen molar-refractivity contribution in [3.63, 3.8) is 0 Å². The van der Waals surface area contributed by atoms with Gasteiger partial charge in [-0.2, -0.15) is 5.10 Å². The number of anilines is 1.